The van der Waals surface area contributed by atoms with Crippen molar-refractivity contribution in [2.45, 2.75) is 24.0 Å². The van der Waals surface area contributed by atoms with E-state index in [1.54, 1.807) is 0 Å². The van der Waals surface area contributed by atoms with Gasteiger partial charge in [0.1, 0.15) is 0 Å². The van der Waals surface area contributed by atoms with E-state index in [4.69, 9.17) is 5.11 Å². The molecule has 0 fully saturated rings. The van der Waals surface area contributed by atoms with Gasteiger partial charge < -0.3 is 5.11 Å². The summed E-state index contributed by atoms with van der Waals surface area (Å²) in [5.74, 6) is -10.6. The molecule has 0 heterocycles. The van der Waals surface area contributed by atoms with E-state index in [9.17, 15) is 26.0 Å². The molecule has 0 saturated heterocycles. The maximum atomic E-state index is 13.2. The second kappa shape index (κ2) is 4.17. The van der Waals surface area contributed by atoms with Crippen molar-refractivity contribution in [2.24, 2.45) is 0 Å². The lowest BCUT2D eigenvalue weighted by Crippen LogP contribution is -2.18. The number of hydrogen-bond donors (Lipinski definition) is 1. The highest BCUT2D eigenvalue weighted by Gasteiger charge is 2.34. The topological polar surface area (TPSA) is 54.4 Å². The second-order valence-corrected chi connectivity index (χ2v) is 5.97. The minimum Gasteiger partial charge on any atom is -0.504 e. The predicted octanol–water partition coefficient (Wildman–Crippen LogP) is 2.13. The lowest BCUT2D eigenvalue weighted by atomic mass is 10.3. The highest BCUT2D eigenvalue weighted by molar-refractivity contribution is 7.92. The van der Waals surface area contributed by atoms with Crippen molar-refractivity contribution in [1.29, 1.82) is 0 Å². The molecule has 0 spiro atoms. The molecule has 8 heteroatoms. The van der Waals surface area contributed by atoms with Crippen LogP contribution < -0.4 is 0 Å². The number of phenols is 1. The van der Waals surface area contributed by atoms with E-state index in [-0.39, 0.29) is 0 Å². The van der Waals surface area contributed by atoms with Gasteiger partial charge in [-0.15, -0.1) is 0 Å². The fourth-order valence-corrected chi connectivity index (χ4v) is 2.27. The molecular formula is C9H8F4O3S. The van der Waals surface area contributed by atoms with Gasteiger partial charge in [0.15, 0.2) is 32.1 Å². The standard InChI is InChI=1S/C9H8F4O3S/c1-3(2)17(15,16)9-7(13)5(11)4(10)6(12)8(9)14/h3,14H,1-2H3. The van der Waals surface area contributed by atoms with E-state index >= 15 is 0 Å². The van der Waals surface area contributed by atoms with Crippen LogP contribution in [0.15, 0.2) is 4.90 Å². The van der Waals surface area contributed by atoms with Crippen LogP contribution in [0.5, 0.6) is 5.75 Å². The van der Waals surface area contributed by atoms with Crippen molar-refractivity contribution >= 4 is 9.84 Å². The van der Waals surface area contributed by atoms with Gasteiger partial charge in [0.05, 0.1) is 5.25 Å². The van der Waals surface area contributed by atoms with Gasteiger partial charge in [-0.1, -0.05) is 0 Å². The Labute approximate surface area is 94.6 Å². The first kappa shape index (κ1) is 13.8. The number of halogens is 4. The molecule has 1 aromatic carbocycles. The maximum absolute atomic E-state index is 13.2. The Morgan fingerprint density at radius 2 is 1.35 bits per heavy atom. The Morgan fingerprint density at radius 1 is 0.941 bits per heavy atom. The fraction of sp³-hybridized carbons (Fsp3) is 0.333. The van der Waals surface area contributed by atoms with Crippen molar-refractivity contribution in [3.05, 3.63) is 23.3 Å². The molecule has 0 aliphatic heterocycles. The summed E-state index contributed by atoms with van der Waals surface area (Å²) in [5, 5.41) is 7.84. The zero-order valence-electron chi connectivity index (χ0n) is 8.76. The lowest BCUT2D eigenvalue weighted by Gasteiger charge is -2.12. The van der Waals surface area contributed by atoms with Crippen LogP contribution in [0.25, 0.3) is 0 Å². The van der Waals surface area contributed by atoms with Crippen LogP contribution in [-0.2, 0) is 9.84 Å². The Hall–Kier alpha value is -1.31. The summed E-state index contributed by atoms with van der Waals surface area (Å²) in [4.78, 5) is -1.57. The van der Waals surface area contributed by atoms with Gasteiger partial charge in [-0.05, 0) is 13.8 Å². The van der Waals surface area contributed by atoms with Gasteiger partial charge in [-0.25, -0.2) is 21.6 Å². The third-order valence-electron chi connectivity index (χ3n) is 2.11. The second-order valence-electron chi connectivity index (χ2n) is 3.53. The van der Waals surface area contributed by atoms with Gasteiger partial charge >= 0.3 is 0 Å². The van der Waals surface area contributed by atoms with E-state index in [0.717, 1.165) is 13.8 Å². The summed E-state index contributed by atoms with van der Waals surface area (Å²) < 4.78 is 74.8. The Morgan fingerprint density at radius 3 is 1.76 bits per heavy atom. The molecule has 0 saturated carbocycles. The van der Waals surface area contributed by atoms with Gasteiger partial charge in [-0.3, -0.25) is 0 Å². The highest BCUT2D eigenvalue weighted by Crippen LogP contribution is 2.34. The van der Waals surface area contributed by atoms with E-state index in [0.29, 0.717) is 0 Å². The molecule has 1 aromatic rings. The molecular weight excluding hydrogens is 264 g/mol. The summed E-state index contributed by atoms with van der Waals surface area (Å²) in [7, 11) is -4.47. The number of aromatic hydroxyl groups is 1. The minimum atomic E-state index is -4.47. The van der Waals surface area contributed by atoms with Crippen LogP contribution in [0, 0.1) is 23.3 Å². The van der Waals surface area contributed by atoms with Gasteiger partial charge in [-0.2, -0.15) is 4.39 Å². The molecule has 17 heavy (non-hydrogen) atoms. The molecule has 0 radical (unpaired) electrons. The SMILES string of the molecule is CC(C)S(=O)(=O)c1c(O)c(F)c(F)c(F)c1F. The monoisotopic (exact) mass is 272 g/mol. The quantitative estimate of drug-likeness (QED) is 0.388. The van der Waals surface area contributed by atoms with Crippen LogP contribution in [0.1, 0.15) is 13.8 Å². The normalized spacial score (nSPS) is 12.2. The Kier molecular flexibility index (Phi) is 3.37. The third kappa shape index (κ3) is 1.97. The average Bonchev–Trinajstić information content (AvgIpc) is 2.23. The average molecular weight is 272 g/mol. The molecule has 0 aliphatic carbocycles. The van der Waals surface area contributed by atoms with E-state index in [2.05, 4.69) is 0 Å². The van der Waals surface area contributed by atoms with Crippen LogP contribution >= 0.6 is 0 Å². The number of sulfone groups is 1. The van der Waals surface area contributed by atoms with Crippen molar-refractivity contribution in [1.82, 2.24) is 0 Å². The number of benzene rings is 1. The van der Waals surface area contributed by atoms with Crippen LogP contribution in [0.2, 0.25) is 0 Å². The smallest absolute Gasteiger partial charge is 0.205 e. The summed E-state index contributed by atoms with van der Waals surface area (Å²) in [6.07, 6.45) is 0. The number of rotatable bonds is 2. The van der Waals surface area contributed by atoms with Gasteiger partial charge in [0.25, 0.3) is 0 Å². The third-order valence-corrected chi connectivity index (χ3v) is 4.29. The molecule has 0 amide bonds. The summed E-state index contributed by atoms with van der Waals surface area (Å²) in [6, 6.07) is 0. The van der Waals surface area contributed by atoms with Crippen molar-refractivity contribution in [3.63, 3.8) is 0 Å². The van der Waals surface area contributed by atoms with E-state index < -0.39 is 49.0 Å². The van der Waals surface area contributed by atoms with Gasteiger partial charge in [0.2, 0.25) is 11.6 Å². The molecule has 0 aromatic heterocycles. The van der Waals surface area contributed by atoms with Crippen LogP contribution in [0.4, 0.5) is 17.6 Å². The Balaban J connectivity index is 3.80. The molecule has 0 aliphatic rings. The first-order chi connectivity index (χ1) is 7.62. The summed E-state index contributed by atoms with van der Waals surface area (Å²) in [5.41, 5.74) is 0. The van der Waals surface area contributed by atoms with Crippen molar-refractivity contribution < 1.29 is 31.1 Å². The van der Waals surface area contributed by atoms with Crippen LogP contribution in [0.3, 0.4) is 0 Å². The zero-order chi connectivity index (χ0) is 13.5. The highest BCUT2D eigenvalue weighted by atomic mass is 32.2. The summed E-state index contributed by atoms with van der Waals surface area (Å²) in [6.45, 7) is 2.24. The van der Waals surface area contributed by atoms with Gasteiger partial charge in [0, 0.05) is 0 Å². The zero-order valence-corrected chi connectivity index (χ0v) is 9.58. The molecule has 0 unspecified atom stereocenters. The van der Waals surface area contributed by atoms with Crippen molar-refractivity contribution in [2.75, 3.05) is 0 Å². The first-order valence-corrected chi connectivity index (χ1v) is 5.95. The lowest BCUT2D eigenvalue weighted by molar-refractivity contribution is 0.345. The largest absolute Gasteiger partial charge is 0.504 e. The van der Waals surface area contributed by atoms with Crippen LogP contribution in [-0.4, -0.2) is 18.8 Å². The minimum absolute atomic E-state index is 1.12. The summed E-state index contributed by atoms with van der Waals surface area (Å²) >= 11 is 0. The molecule has 0 atom stereocenters. The molecule has 1 rings (SSSR count). The first-order valence-electron chi connectivity index (χ1n) is 4.41. The molecule has 3 nitrogen and oxygen atoms in total. The fourth-order valence-electron chi connectivity index (χ4n) is 1.10. The molecule has 1 N–H and O–H groups in total. The number of hydrogen-bond acceptors (Lipinski definition) is 3. The number of phenolic OH excluding ortho intramolecular Hbond substituents is 1. The van der Waals surface area contributed by atoms with E-state index in [1.165, 1.54) is 0 Å². The maximum Gasteiger partial charge on any atom is 0.205 e. The molecule has 0 bridgehead atoms. The Bertz CT molecular complexity index is 537. The van der Waals surface area contributed by atoms with Crippen molar-refractivity contribution in [3.8, 4) is 5.75 Å². The molecule has 96 valence electrons. The predicted molar refractivity (Wildman–Crippen MR) is 50.3 cm³/mol. The van der Waals surface area contributed by atoms with E-state index in [1.807, 2.05) is 0 Å².